The van der Waals surface area contributed by atoms with E-state index in [9.17, 15) is 9.90 Å². The predicted molar refractivity (Wildman–Crippen MR) is 129 cm³/mol. The summed E-state index contributed by atoms with van der Waals surface area (Å²) in [5.74, 6) is -0.318. The van der Waals surface area contributed by atoms with Crippen LogP contribution in [0, 0.1) is 0 Å². The van der Waals surface area contributed by atoms with E-state index in [1.165, 1.54) is 116 Å². The SMILES string of the molecule is CCCCCCCCCCCCCCCCCCCCC(C(=O)OC(C)O)N(C)C. The molecule has 0 aliphatic carbocycles. The Kier molecular flexibility index (Phi) is 21.2. The van der Waals surface area contributed by atoms with E-state index < -0.39 is 6.29 Å². The minimum absolute atomic E-state index is 0.249. The summed E-state index contributed by atoms with van der Waals surface area (Å²) in [6, 6.07) is -0.249. The van der Waals surface area contributed by atoms with Gasteiger partial charge in [0.15, 0.2) is 6.29 Å². The van der Waals surface area contributed by atoms with Gasteiger partial charge in [0.25, 0.3) is 0 Å². The van der Waals surface area contributed by atoms with Gasteiger partial charge in [0.1, 0.15) is 6.04 Å². The van der Waals surface area contributed by atoms with Crippen LogP contribution in [0.5, 0.6) is 0 Å². The van der Waals surface area contributed by atoms with E-state index in [1.807, 2.05) is 19.0 Å². The molecule has 0 aliphatic rings. The first-order chi connectivity index (χ1) is 14.5. The summed E-state index contributed by atoms with van der Waals surface area (Å²) in [7, 11) is 3.78. The van der Waals surface area contributed by atoms with Gasteiger partial charge in [-0.3, -0.25) is 9.69 Å². The van der Waals surface area contributed by atoms with Crippen molar-refractivity contribution in [1.82, 2.24) is 4.90 Å². The van der Waals surface area contributed by atoms with Gasteiger partial charge in [0, 0.05) is 0 Å². The van der Waals surface area contributed by atoms with Crippen molar-refractivity contribution in [1.29, 1.82) is 0 Å². The maximum atomic E-state index is 12.0. The maximum absolute atomic E-state index is 12.0. The fourth-order valence-corrected chi connectivity index (χ4v) is 4.07. The van der Waals surface area contributed by atoms with Crippen LogP contribution < -0.4 is 0 Å². The number of hydrogen-bond donors (Lipinski definition) is 1. The average Bonchev–Trinajstić information content (AvgIpc) is 2.68. The van der Waals surface area contributed by atoms with E-state index in [4.69, 9.17) is 4.74 Å². The zero-order valence-electron chi connectivity index (χ0n) is 20.8. The van der Waals surface area contributed by atoms with Crippen LogP contribution in [0.4, 0.5) is 0 Å². The van der Waals surface area contributed by atoms with E-state index in [-0.39, 0.29) is 12.0 Å². The van der Waals surface area contributed by atoms with Crippen LogP contribution >= 0.6 is 0 Å². The number of aliphatic hydroxyl groups is 1. The molecule has 2 unspecified atom stereocenters. The van der Waals surface area contributed by atoms with Gasteiger partial charge < -0.3 is 9.84 Å². The molecule has 0 amide bonds. The molecular formula is C26H53NO3. The summed E-state index contributed by atoms with van der Waals surface area (Å²) in [5, 5.41) is 9.22. The highest BCUT2D eigenvalue weighted by Gasteiger charge is 2.22. The molecule has 0 fully saturated rings. The lowest BCUT2D eigenvalue weighted by Crippen LogP contribution is -2.38. The fraction of sp³-hybridized carbons (Fsp3) is 0.962. The van der Waals surface area contributed by atoms with Crippen molar-refractivity contribution in [3.8, 4) is 0 Å². The van der Waals surface area contributed by atoms with E-state index in [1.54, 1.807) is 0 Å². The fourth-order valence-electron chi connectivity index (χ4n) is 4.07. The number of aliphatic hydroxyl groups excluding tert-OH is 1. The van der Waals surface area contributed by atoms with Crippen LogP contribution in [-0.2, 0) is 9.53 Å². The molecule has 0 rings (SSSR count). The first-order valence-electron chi connectivity index (χ1n) is 13.0. The summed E-state index contributed by atoms with van der Waals surface area (Å²) in [6.07, 6.45) is 24.3. The molecule has 2 atom stereocenters. The number of unbranched alkanes of at least 4 members (excludes halogenated alkanes) is 17. The lowest BCUT2D eigenvalue weighted by atomic mass is 10.0. The predicted octanol–water partition coefficient (Wildman–Crippen LogP) is 7.23. The van der Waals surface area contributed by atoms with Crippen molar-refractivity contribution in [3.63, 3.8) is 0 Å². The first-order valence-corrected chi connectivity index (χ1v) is 13.0. The van der Waals surface area contributed by atoms with Gasteiger partial charge in [0.05, 0.1) is 0 Å². The minimum atomic E-state index is -1.03. The van der Waals surface area contributed by atoms with Crippen molar-refractivity contribution < 1.29 is 14.6 Å². The Hall–Kier alpha value is -0.610. The number of likely N-dealkylation sites (N-methyl/N-ethyl adjacent to an activating group) is 1. The highest BCUT2D eigenvalue weighted by Crippen LogP contribution is 2.15. The van der Waals surface area contributed by atoms with Crippen LogP contribution in [0.2, 0.25) is 0 Å². The number of ether oxygens (including phenoxy) is 1. The molecule has 4 heteroatoms. The van der Waals surface area contributed by atoms with Crippen LogP contribution in [0.15, 0.2) is 0 Å². The van der Waals surface area contributed by atoms with Crippen LogP contribution in [0.25, 0.3) is 0 Å². The Bertz CT molecular complexity index is 371. The first kappa shape index (κ1) is 29.4. The van der Waals surface area contributed by atoms with Crippen LogP contribution in [0.1, 0.15) is 136 Å². The lowest BCUT2D eigenvalue weighted by Gasteiger charge is -2.23. The zero-order chi connectivity index (χ0) is 22.5. The van der Waals surface area contributed by atoms with Crippen molar-refractivity contribution in [2.45, 2.75) is 148 Å². The van der Waals surface area contributed by atoms with Gasteiger partial charge in [-0.15, -0.1) is 0 Å². The molecular weight excluding hydrogens is 374 g/mol. The Morgan fingerprint density at radius 2 is 1.03 bits per heavy atom. The van der Waals surface area contributed by atoms with Gasteiger partial charge >= 0.3 is 5.97 Å². The smallest absolute Gasteiger partial charge is 0.325 e. The average molecular weight is 428 g/mol. The standard InChI is InChI=1S/C26H53NO3/c1-5-6-7-8-9-10-11-12-13-14-15-16-17-18-19-20-21-22-23-25(27(3)4)26(29)30-24(2)28/h24-25,28H,5-23H2,1-4H3. The summed E-state index contributed by atoms with van der Waals surface area (Å²) in [5.41, 5.74) is 0. The molecule has 0 spiro atoms. The van der Waals surface area contributed by atoms with E-state index in [0.717, 1.165) is 12.8 Å². The van der Waals surface area contributed by atoms with Crippen molar-refractivity contribution in [2.24, 2.45) is 0 Å². The lowest BCUT2D eigenvalue weighted by molar-refractivity contribution is -0.170. The van der Waals surface area contributed by atoms with Crippen molar-refractivity contribution >= 4 is 5.97 Å². The highest BCUT2D eigenvalue weighted by molar-refractivity contribution is 5.75. The monoisotopic (exact) mass is 427 g/mol. The molecule has 1 N–H and O–H groups in total. The molecule has 0 aromatic heterocycles. The van der Waals surface area contributed by atoms with Crippen LogP contribution in [-0.4, -0.2) is 42.4 Å². The number of rotatable bonds is 22. The third-order valence-electron chi connectivity index (χ3n) is 6.01. The third-order valence-corrected chi connectivity index (χ3v) is 6.01. The molecule has 0 aliphatic heterocycles. The summed E-state index contributed by atoms with van der Waals surface area (Å²) in [6.45, 7) is 3.76. The summed E-state index contributed by atoms with van der Waals surface area (Å²) < 4.78 is 4.94. The number of carbonyl (C=O) groups is 1. The Labute approximate surface area is 188 Å². The maximum Gasteiger partial charge on any atom is 0.325 e. The summed E-state index contributed by atoms with van der Waals surface area (Å²) >= 11 is 0. The van der Waals surface area contributed by atoms with Crippen LogP contribution in [0.3, 0.4) is 0 Å². The highest BCUT2D eigenvalue weighted by atomic mass is 16.6. The second-order valence-electron chi connectivity index (χ2n) is 9.31. The number of hydrogen-bond acceptors (Lipinski definition) is 4. The molecule has 0 aromatic rings. The van der Waals surface area contributed by atoms with Gasteiger partial charge in [-0.25, -0.2) is 0 Å². The largest absolute Gasteiger partial charge is 0.435 e. The van der Waals surface area contributed by atoms with Crippen molar-refractivity contribution in [2.75, 3.05) is 14.1 Å². The van der Waals surface area contributed by atoms with Crippen molar-refractivity contribution in [3.05, 3.63) is 0 Å². The molecule has 30 heavy (non-hydrogen) atoms. The topological polar surface area (TPSA) is 49.8 Å². The van der Waals surface area contributed by atoms with Gasteiger partial charge in [-0.05, 0) is 27.4 Å². The van der Waals surface area contributed by atoms with E-state index in [2.05, 4.69) is 6.92 Å². The number of nitrogens with zero attached hydrogens (tertiary/aromatic N) is 1. The summed E-state index contributed by atoms with van der Waals surface area (Å²) in [4.78, 5) is 13.9. The Balaban J connectivity index is 3.37. The number of carbonyl (C=O) groups excluding carboxylic acids is 1. The van der Waals surface area contributed by atoms with Gasteiger partial charge in [-0.2, -0.15) is 0 Å². The third kappa shape index (κ3) is 19.4. The molecule has 0 saturated heterocycles. The minimum Gasteiger partial charge on any atom is -0.435 e. The van der Waals surface area contributed by atoms with E-state index in [0.29, 0.717) is 0 Å². The molecule has 0 bridgehead atoms. The Morgan fingerprint density at radius 3 is 1.33 bits per heavy atom. The quantitative estimate of drug-likeness (QED) is 0.112. The molecule has 0 radical (unpaired) electrons. The molecule has 0 saturated carbocycles. The normalized spacial score (nSPS) is 13.5. The zero-order valence-corrected chi connectivity index (χ0v) is 20.8. The molecule has 0 aromatic carbocycles. The molecule has 4 nitrogen and oxygen atoms in total. The second kappa shape index (κ2) is 21.6. The Morgan fingerprint density at radius 1 is 0.700 bits per heavy atom. The van der Waals surface area contributed by atoms with Gasteiger partial charge in [0.2, 0.25) is 0 Å². The van der Waals surface area contributed by atoms with Gasteiger partial charge in [-0.1, -0.05) is 122 Å². The molecule has 0 heterocycles. The van der Waals surface area contributed by atoms with E-state index >= 15 is 0 Å². The number of esters is 1. The molecule has 180 valence electrons. The second-order valence-corrected chi connectivity index (χ2v) is 9.31.